The molecule has 9 heteroatoms. The summed E-state index contributed by atoms with van der Waals surface area (Å²) in [6.45, 7) is 1.75. The number of hydrogen-bond acceptors (Lipinski definition) is 6. The highest BCUT2D eigenvalue weighted by Gasteiger charge is 2.14. The molecule has 3 N–H and O–H groups in total. The van der Waals surface area contributed by atoms with Gasteiger partial charge in [0.1, 0.15) is 10.00 Å². The van der Waals surface area contributed by atoms with Crippen molar-refractivity contribution in [3.05, 3.63) is 40.4 Å². The molecule has 0 spiro atoms. The quantitative estimate of drug-likeness (QED) is 0.806. The standard InChI is InChI=1S/C11H12N4O2S3/c1-7-13-14-11(19-7)15-20(16,17)6-8-3-2-4-9(5-8)10(12)18/h2-5H,6H2,1H3,(H2,12,18)(H,14,15). The van der Waals surface area contributed by atoms with Crippen LogP contribution in [0.2, 0.25) is 0 Å². The van der Waals surface area contributed by atoms with E-state index in [2.05, 4.69) is 14.9 Å². The molecule has 20 heavy (non-hydrogen) atoms. The average Bonchev–Trinajstić information content (AvgIpc) is 2.73. The largest absolute Gasteiger partial charge is 0.389 e. The molecule has 2 aromatic rings. The lowest BCUT2D eigenvalue weighted by molar-refractivity contribution is 0.600. The van der Waals surface area contributed by atoms with Crippen LogP contribution < -0.4 is 10.5 Å². The predicted octanol–water partition coefficient (Wildman–Crippen LogP) is 1.42. The van der Waals surface area contributed by atoms with E-state index in [9.17, 15) is 8.42 Å². The Morgan fingerprint density at radius 2 is 2.20 bits per heavy atom. The monoisotopic (exact) mass is 328 g/mol. The first kappa shape index (κ1) is 14.8. The number of rotatable bonds is 5. The maximum Gasteiger partial charge on any atom is 0.238 e. The second kappa shape index (κ2) is 5.81. The van der Waals surface area contributed by atoms with Crippen molar-refractivity contribution >= 4 is 43.7 Å². The van der Waals surface area contributed by atoms with E-state index in [4.69, 9.17) is 18.0 Å². The molecule has 0 atom stereocenters. The van der Waals surface area contributed by atoms with Crippen LogP contribution in [0, 0.1) is 6.92 Å². The lowest BCUT2D eigenvalue weighted by atomic mass is 10.1. The molecule has 0 radical (unpaired) electrons. The van der Waals surface area contributed by atoms with Crippen LogP contribution >= 0.6 is 23.6 Å². The Hall–Kier alpha value is -1.58. The summed E-state index contributed by atoms with van der Waals surface area (Å²) in [5, 5.41) is 8.43. The van der Waals surface area contributed by atoms with Gasteiger partial charge in [-0.2, -0.15) is 0 Å². The van der Waals surface area contributed by atoms with Crippen LogP contribution in [0.3, 0.4) is 0 Å². The first-order valence-corrected chi connectivity index (χ1v) is 8.43. The smallest absolute Gasteiger partial charge is 0.238 e. The molecule has 0 saturated carbocycles. The van der Waals surface area contributed by atoms with E-state index in [0.717, 1.165) is 0 Å². The van der Waals surface area contributed by atoms with Gasteiger partial charge in [-0.1, -0.05) is 41.8 Å². The lowest BCUT2D eigenvalue weighted by Gasteiger charge is -2.06. The van der Waals surface area contributed by atoms with Crippen LogP contribution in [0.1, 0.15) is 16.1 Å². The maximum absolute atomic E-state index is 12.0. The van der Waals surface area contributed by atoms with E-state index >= 15 is 0 Å². The molecule has 1 aromatic carbocycles. The third-order valence-electron chi connectivity index (χ3n) is 2.34. The summed E-state index contributed by atoms with van der Waals surface area (Å²) in [5.74, 6) is -0.178. The zero-order chi connectivity index (χ0) is 14.8. The molecule has 0 aliphatic carbocycles. The summed E-state index contributed by atoms with van der Waals surface area (Å²) in [7, 11) is -3.54. The van der Waals surface area contributed by atoms with Crippen molar-refractivity contribution in [1.82, 2.24) is 10.2 Å². The van der Waals surface area contributed by atoms with Crippen LogP contribution in [0.15, 0.2) is 24.3 Å². The third kappa shape index (κ3) is 3.95. The molecule has 1 heterocycles. The average molecular weight is 328 g/mol. The van der Waals surface area contributed by atoms with Crippen LogP contribution in [-0.2, 0) is 15.8 Å². The Labute approximate surface area is 126 Å². The van der Waals surface area contributed by atoms with Gasteiger partial charge >= 0.3 is 0 Å². The fourth-order valence-electron chi connectivity index (χ4n) is 1.54. The summed E-state index contributed by atoms with van der Waals surface area (Å²) in [6, 6.07) is 6.81. The molecule has 2 rings (SSSR count). The van der Waals surface area contributed by atoms with Gasteiger partial charge in [0.2, 0.25) is 15.2 Å². The summed E-state index contributed by atoms with van der Waals surface area (Å²) in [6.07, 6.45) is 0. The molecule has 0 aliphatic heterocycles. The number of aromatic nitrogens is 2. The van der Waals surface area contributed by atoms with Crippen molar-refractivity contribution in [2.24, 2.45) is 5.73 Å². The van der Waals surface area contributed by atoms with Crippen LogP contribution in [0.5, 0.6) is 0 Å². The van der Waals surface area contributed by atoms with E-state index in [-0.39, 0.29) is 15.9 Å². The molecular formula is C11H12N4O2S3. The Morgan fingerprint density at radius 1 is 1.45 bits per heavy atom. The number of aryl methyl sites for hydroxylation is 1. The van der Waals surface area contributed by atoms with Crippen molar-refractivity contribution in [3.8, 4) is 0 Å². The topological polar surface area (TPSA) is 98.0 Å². The highest BCUT2D eigenvalue weighted by atomic mass is 32.2. The third-order valence-corrected chi connectivity index (χ3v) is 4.67. The Bertz CT molecular complexity index is 740. The molecule has 106 valence electrons. The first-order chi connectivity index (χ1) is 9.35. The zero-order valence-electron chi connectivity index (χ0n) is 10.5. The minimum Gasteiger partial charge on any atom is -0.389 e. The number of anilines is 1. The predicted molar refractivity (Wildman–Crippen MR) is 83.2 cm³/mol. The van der Waals surface area contributed by atoms with Gasteiger partial charge < -0.3 is 5.73 Å². The van der Waals surface area contributed by atoms with Crippen molar-refractivity contribution in [1.29, 1.82) is 0 Å². The van der Waals surface area contributed by atoms with Gasteiger partial charge in [-0.15, -0.1) is 10.2 Å². The fraction of sp³-hybridized carbons (Fsp3) is 0.182. The van der Waals surface area contributed by atoms with Crippen molar-refractivity contribution in [3.63, 3.8) is 0 Å². The normalized spacial score (nSPS) is 11.2. The van der Waals surface area contributed by atoms with Gasteiger partial charge in [0, 0.05) is 5.56 Å². The second-order valence-corrected chi connectivity index (χ2v) is 7.40. The molecule has 0 unspecified atom stereocenters. The minimum atomic E-state index is -3.54. The fourth-order valence-corrected chi connectivity index (χ4v) is 3.66. The molecule has 0 aliphatic rings. The van der Waals surface area contributed by atoms with Crippen molar-refractivity contribution in [2.45, 2.75) is 12.7 Å². The number of hydrogen-bond donors (Lipinski definition) is 2. The van der Waals surface area contributed by atoms with Crippen molar-refractivity contribution in [2.75, 3.05) is 4.72 Å². The van der Waals surface area contributed by atoms with Crippen LogP contribution in [0.25, 0.3) is 0 Å². The SMILES string of the molecule is Cc1nnc(NS(=O)(=O)Cc2cccc(C(N)=S)c2)s1. The molecule has 1 aromatic heterocycles. The van der Waals surface area contributed by atoms with Gasteiger partial charge in [0.25, 0.3) is 0 Å². The molecule has 0 fully saturated rings. The summed E-state index contributed by atoms with van der Waals surface area (Å²) < 4.78 is 26.4. The van der Waals surface area contributed by atoms with Gasteiger partial charge in [-0.05, 0) is 18.6 Å². The van der Waals surface area contributed by atoms with E-state index in [0.29, 0.717) is 16.1 Å². The molecule has 0 saturated heterocycles. The Kier molecular flexibility index (Phi) is 4.31. The zero-order valence-corrected chi connectivity index (χ0v) is 13.0. The number of nitrogens with two attached hydrogens (primary N) is 1. The summed E-state index contributed by atoms with van der Waals surface area (Å²) in [5.41, 5.74) is 6.76. The molecular weight excluding hydrogens is 316 g/mol. The highest BCUT2D eigenvalue weighted by molar-refractivity contribution is 7.92. The summed E-state index contributed by atoms with van der Waals surface area (Å²) >= 11 is 6.05. The number of sulfonamides is 1. The van der Waals surface area contributed by atoms with Gasteiger partial charge in [-0.25, -0.2) is 8.42 Å². The second-order valence-electron chi connectivity index (χ2n) is 4.05. The van der Waals surface area contributed by atoms with E-state index in [1.807, 2.05) is 0 Å². The van der Waals surface area contributed by atoms with Gasteiger partial charge in [0.05, 0.1) is 5.75 Å². The van der Waals surface area contributed by atoms with Crippen molar-refractivity contribution < 1.29 is 8.42 Å². The number of thiocarbonyl (C=S) groups is 1. The lowest BCUT2D eigenvalue weighted by Crippen LogP contribution is -2.16. The first-order valence-electron chi connectivity index (χ1n) is 5.55. The Balaban J connectivity index is 2.15. The van der Waals surface area contributed by atoms with E-state index in [1.165, 1.54) is 11.3 Å². The van der Waals surface area contributed by atoms with Gasteiger partial charge in [-0.3, -0.25) is 4.72 Å². The van der Waals surface area contributed by atoms with E-state index in [1.54, 1.807) is 31.2 Å². The minimum absolute atomic E-state index is 0.178. The van der Waals surface area contributed by atoms with E-state index < -0.39 is 10.0 Å². The molecule has 0 bridgehead atoms. The van der Waals surface area contributed by atoms with Crippen LogP contribution in [-0.4, -0.2) is 23.6 Å². The number of nitrogens with one attached hydrogen (secondary N) is 1. The highest BCUT2D eigenvalue weighted by Crippen LogP contribution is 2.17. The Morgan fingerprint density at radius 3 is 2.80 bits per heavy atom. The molecule has 0 amide bonds. The molecule has 6 nitrogen and oxygen atoms in total. The number of nitrogens with zero attached hydrogens (tertiary/aromatic N) is 2. The van der Waals surface area contributed by atoms with Gasteiger partial charge in [0.15, 0.2) is 0 Å². The maximum atomic E-state index is 12.0. The van der Waals surface area contributed by atoms with Crippen LogP contribution in [0.4, 0.5) is 5.13 Å². The summed E-state index contributed by atoms with van der Waals surface area (Å²) in [4.78, 5) is 0.233. The number of benzene rings is 1.